The number of fused-ring (bicyclic) bond motifs is 2. The van der Waals surface area contributed by atoms with Gasteiger partial charge in [-0.1, -0.05) is 32.0 Å². The number of Topliss-reactive ketones (excluding diaryl/α,β-unsaturated/α-hetero) is 1. The zero-order valence-corrected chi connectivity index (χ0v) is 23.5. The van der Waals surface area contributed by atoms with Gasteiger partial charge in [0.15, 0.2) is 5.78 Å². The first-order valence-electron chi connectivity index (χ1n) is 13.3. The molecule has 8 nitrogen and oxygen atoms in total. The molecule has 2 aliphatic rings. The molecule has 0 bridgehead atoms. The predicted molar refractivity (Wildman–Crippen MR) is 153 cm³/mol. The topological polar surface area (TPSA) is 90.0 Å². The van der Waals surface area contributed by atoms with E-state index in [0.29, 0.717) is 30.5 Å². The highest BCUT2D eigenvalue weighted by molar-refractivity contribution is 7.17. The van der Waals surface area contributed by atoms with Crippen molar-refractivity contribution in [3.8, 4) is 0 Å². The number of thiophene rings is 1. The van der Waals surface area contributed by atoms with Crippen molar-refractivity contribution in [2.75, 3.05) is 32.1 Å². The Hall–Kier alpha value is -3.72. The van der Waals surface area contributed by atoms with Gasteiger partial charge >= 0.3 is 0 Å². The van der Waals surface area contributed by atoms with Gasteiger partial charge in [0.05, 0.1) is 18.2 Å². The van der Waals surface area contributed by atoms with Crippen LogP contribution in [0.1, 0.15) is 47.4 Å². The van der Waals surface area contributed by atoms with E-state index in [1.54, 1.807) is 21.9 Å². The Morgan fingerprint density at radius 1 is 1.05 bits per heavy atom. The summed E-state index contributed by atoms with van der Waals surface area (Å²) in [5.74, 6) is -0.742. The Kier molecular flexibility index (Phi) is 7.44. The molecule has 2 fully saturated rings. The molecule has 0 radical (unpaired) electrons. The van der Waals surface area contributed by atoms with Gasteiger partial charge in [-0.05, 0) is 49.1 Å². The van der Waals surface area contributed by atoms with Crippen LogP contribution < -0.4 is 10.2 Å². The molecule has 204 valence electrons. The van der Waals surface area contributed by atoms with E-state index >= 15 is 0 Å². The van der Waals surface area contributed by atoms with Crippen molar-refractivity contribution in [3.63, 3.8) is 0 Å². The Labute approximate surface area is 232 Å². The van der Waals surface area contributed by atoms with Gasteiger partial charge < -0.3 is 20.0 Å². The van der Waals surface area contributed by atoms with Crippen LogP contribution in [-0.2, 0) is 9.59 Å². The summed E-state index contributed by atoms with van der Waals surface area (Å²) in [4.78, 5) is 58.8. The second-order valence-electron chi connectivity index (χ2n) is 11.0. The van der Waals surface area contributed by atoms with E-state index in [1.807, 2.05) is 74.6 Å². The largest absolute Gasteiger partial charge is 0.378 e. The van der Waals surface area contributed by atoms with E-state index in [9.17, 15) is 19.2 Å². The number of rotatable bonds is 7. The minimum absolute atomic E-state index is 0.0124. The van der Waals surface area contributed by atoms with E-state index in [-0.39, 0.29) is 42.0 Å². The van der Waals surface area contributed by atoms with Gasteiger partial charge in [-0.2, -0.15) is 0 Å². The Balaban J connectivity index is 1.33. The highest BCUT2D eigenvalue weighted by atomic mass is 32.1. The molecule has 5 rings (SSSR count). The number of benzene rings is 2. The maximum absolute atomic E-state index is 13.8. The fraction of sp³-hybridized carbons (Fsp3) is 0.400. The smallest absolute Gasteiger partial charge is 0.256 e. The van der Waals surface area contributed by atoms with Crippen LogP contribution in [0.15, 0.2) is 53.9 Å². The number of likely N-dealkylation sites (tertiary alicyclic amines) is 2. The number of hydrogen-bond acceptors (Lipinski definition) is 6. The van der Waals surface area contributed by atoms with Crippen LogP contribution >= 0.6 is 11.3 Å². The molecule has 1 N–H and O–H groups in total. The molecule has 39 heavy (non-hydrogen) atoms. The lowest BCUT2D eigenvalue weighted by Gasteiger charge is -2.29. The van der Waals surface area contributed by atoms with Gasteiger partial charge in [-0.3, -0.25) is 19.2 Å². The van der Waals surface area contributed by atoms with Gasteiger partial charge in [-0.25, -0.2) is 0 Å². The summed E-state index contributed by atoms with van der Waals surface area (Å²) in [6, 6.07) is 13.1. The fourth-order valence-electron chi connectivity index (χ4n) is 5.68. The summed E-state index contributed by atoms with van der Waals surface area (Å²) in [6.07, 6.45) is 0.982. The normalized spacial score (nSPS) is 19.5. The number of nitrogens with zero attached hydrogens (tertiary/aromatic N) is 3. The molecule has 0 aliphatic carbocycles. The Morgan fingerprint density at radius 3 is 2.46 bits per heavy atom. The zero-order valence-electron chi connectivity index (χ0n) is 22.7. The third-order valence-electron chi connectivity index (χ3n) is 7.63. The van der Waals surface area contributed by atoms with Gasteiger partial charge in [0.2, 0.25) is 5.91 Å². The van der Waals surface area contributed by atoms with E-state index < -0.39 is 12.1 Å². The molecule has 3 amide bonds. The lowest BCUT2D eigenvalue weighted by atomic mass is 10.0. The van der Waals surface area contributed by atoms with E-state index in [0.717, 1.165) is 15.8 Å². The first kappa shape index (κ1) is 26.9. The first-order valence-corrected chi connectivity index (χ1v) is 14.2. The van der Waals surface area contributed by atoms with Gasteiger partial charge in [0.1, 0.15) is 12.1 Å². The van der Waals surface area contributed by atoms with Crippen molar-refractivity contribution in [3.05, 3.63) is 65.0 Å². The van der Waals surface area contributed by atoms with Crippen LogP contribution in [0.2, 0.25) is 0 Å². The van der Waals surface area contributed by atoms with Crippen molar-refractivity contribution in [1.29, 1.82) is 0 Å². The molecule has 2 aromatic carbocycles. The van der Waals surface area contributed by atoms with Crippen LogP contribution in [0.5, 0.6) is 0 Å². The summed E-state index contributed by atoms with van der Waals surface area (Å²) in [6.45, 7) is 4.35. The first-order chi connectivity index (χ1) is 18.7. The molecule has 9 heteroatoms. The number of carbonyl (C=O) groups excluding carboxylic acids is 4. The van der Waals surface area contributed by atoms with Crippen LogP contribution in [-0.4, -0.2) is 78.6 Å². The SMILES string of the molecule is CC(C)C[C@H](NC(=O)c1ccc(N(C)C)cc1)C(=O)N1CCC2C1C(=O)CN2C(=O)c1csc2ccccc12. The number of amides is 3. The van der Waals surface area contributed by atoms with Crippen molar-refractivity contribution in [2.24, 2.45) is 5.92 Å². The van der Waals surface area contributed by atoms with Crippen LogP contribution in [0.25, 0.3) is 10.1 Å². The van der Waals surface area contributed by atoms with Gasteiger partial charge in [0.25, 0.3) is 11.8 Å². The molecule has 3 atom stereocenters. The summed E-state index contributed by atoms with van der Waals surface area (Å²) in [5, 5.41) is 5.66. The minimum Gasteiger partial charge on any atom is -0.378 e. The minimum atomic E-state index is -0.761. The van der Waals surface area contributed by atoms with Crippen molar-refractivity contribution < 1.29 is 19.2 Å². The standard InChI is InChI=1S/C30H34N4O4S/c1-18(2)15-23(31-28(36)19-9-11-20(12-10-19)32(3)4)30(38)33-14-13-24-27(33)25(35)16-34(24)29(37)22-17-39-26-8-6-5-7-21(22)26/h5-12,17-18,23-24,27H,13-16H2,1-4H3,(H,31,36)/t23-,24?,27?/m0/s1. The van der Waals surface area contributed by atoms with Crippen molar-refractivity contribution in [1.82, 2.24) is 15.1 Å². The molecule has 0 saturated carbocycles. The number of anilines is 1. The molecule has 2 saturated heterocycles. The number of ketones is 1. The monoisotopic (exact) mass is 546 g/mol. The second-order valence-corrected chi connectivity index (χ2v) is 11.9. The number of hydrogen-bond donors (Lipinski definition) is 1. The third-order valence-corrected chi connectivity index (χ3v) is 8.60. The van der Waals surface area contributed by atoms with Crippen molar-refractivity contribution >= 4 is 50.6 Å². The lowest BCUT2D eigenvalue weighted by Crippen LogP contribution is -2.53. The predicted octanol–water partition coefficient (Wildman–Crippen LogP) is 3.81. The maximum atomic E-state index is 13.8. The van der Waals surface area contributed by atoms with Crippen molar-refractivity contribution in [2.45, 2.75) is 44.8 Å². The van der Waals surface area contributed by atoms with Crippen LogP contribution in [0.3, 0.4) is 0 Å². The lowest BCUT2D eigenvalue weighted by molar-refractivity contribution is -0.138. The summed E-state index contributed by atoms with van der Waals surface area (Å²) < 4.78 is 1.02. The average Bonchev–Trinajstić information content (AvgIpc) is 3.62. The van der Waals surface area contributed by atoms with Crippen LogP contribution in [0, 0.1) is 5.92 Å². The van der Waals surface area contributed by atoms with Gasteiger partial charge in [0, 0.05) is 47.4 Å². The highest BCUT2D eigenvalue weighted by Gasteiger charge is 2.52. The molecule has 2 aliphatic heterocycles. The van der Waals surface area contributed by atoms with E-state index in [2.05, 4.69) is 5.32 Å². The Bertz CT molecular complexity index is 1410. The maximum Gasteiger partial charge on any atom is 0.256 e. The Morgan fingerprint density at radius 2 is 1.77 bits per heavy atom. The summed E-state index contributed by atoms with van der Waals surface area (Å²) in [5.41, 5.74) is 2.04. The van der Waals surface area contributed by atoms with E-state index in [1.165, 1.54) is 11.3 Å². The average molecular weight is 547 g/mol. The highest BCUT2D eigenvalue weighted by Crippen LogP contribution is 2.34. The summed E-state index contributed by atoms with van der Waals surface area (Å²) >= 11 is 1.51. The fourth-order valence-corrected chi connectivity index (χ4v) is 6.62. The zero-order chi connectivity index (χ0) is 27.8. The number of carbonyl (C=O) groups is 4. The number of nitrogens with one attached hydrogen (secondary N) is 1. The molecule has 3 aromatic rings. The molecule has 0 spiro atoms. The third kappa shape index (κ3) is 5.15. The molecular formula is C30H34N4O4S. The molecule has 3 heterocycles. The summed E-state index contributed by atoms with van der Waals surface area (Å²) in [7, 11) is 3.86. The van der Waals surface area contributed by atoms with Gasteiger partial charge in [-0.15, -0.1) is 11.3 Å². The van der Waals surface area contributed by atoms with Crippen LogP contribution in [0.4, 0.5) is 5.69 Å². The van der Waals surface area contributed by atoms with E-state index in [4.69, 9.17) is 0 Å². The molecular weight excluding hydrogens is 512 g/mol. The quantitative estimate of drug-likeness (QED) is 0.487. The second kappa shape index (κ2) is 10.8. The molecule has 1 aromatic heterocycles. The molecule has 2 unspecified atom stereocenters.